The van der Waals surface area contributed by atoms with Gasteiger partial charge in [-0.2, -0.15) is 0 Å². The quantitative estimate of drug-likeness (QED) is 0.369. The Labute approximate surface area is 82.1 Å². The van der Waals surface area contributed by atoms with Crippen LogP contribution in [0, 0.1) is 0 Å². The van der Waals surface area contributed by atoms with Gasteiger partial charge in [0, 0.05) is 6.42 Å². The van der Waals surface area contributed by atoms with E-state index in [-0.39, 0.29) is 36.0 Å². The van der Waals surface area contributed by atoms with E-state index in [4.69, 9.17) is 5.11 Å². The molecular weight excluding hydrogens is 143 g/mol. The number of carbonyl (C=O) groups excluding carboxylic acids is 1. The molecule has 0 atom stereocenters. The minimum atomic E-state index is -1.32. The summed E-state index contributed by atoms with van der Waals surface area (Å²) in [6.45, 7) is 1.91. The Morgan fingerprint density at radius 2 is 1.90 bits per heavy atom. The molecule has 0 radical (unpaired) electrons. The molecule has 0 aromatic heterocycles. The molecule has 0 aliphatic heterocycles. The van der Waals surface area contributed by atoms with Crippen molar-refractivity contribution in [3.63, 3.8) is 0 Å². The number of carboxylic acid groups (broad SMARTS) is 1. The Hall–Kier alpha value is 0.140. The van der Waals surface area contributed by atoms with Crippen LogP contribution in [-0.2, 0) is 9.59 Å². The smallest absolute Gasteiger partial charge is 0.476 e. The van der Waals surface area contributed by atoms with Crippen molar-refractivity contribution in [3.05, 3.63) is 0 Å². The van der Waals surface area contributed by atoms with Crippen molar-refractivity contribution in [1.82, 2.24) is 0 Å². The third-order valence-electron chi connectivity index (χ3n) is 0.996. The van der Waals surface area contributed by atoms with Crippen molar-refractivity contribution in [2.75, 3.05) is 0 Å². The van der Waals surface area contributed by atoms with Gasteiger partial charge in [0.15, 0.2) is 0 Å². The zero-order valence-electron chi connectivity index (χ0n) is 6.39. The summed E-state index contributed by atoms with van der Waals surface area (Å²) in [6, 6.07) is 0. The maximum atomic E-state index is 10.3. The van der Waals surface area contributed by atoms with Gasteiger partial charge >= 0.3 is 35.5 Å². The molecule has 0 rings (SSSR count). The first-order chi connectivity index (χ1) is 4.18. The molecule has 0 saturated carbocycles. The molecule has 0 bridgehead atoms. The van der Waals surface area contributed by atoms with Gasteiger partial charge in [0.05, 0.1) is 0 Å². The van der Waals surface area contributed by atoms with Crippen molar-refractivity contribution in [2.45, 2.75) is 26.2 Å². The summed E-state index contributed by atoms with van der Waals surface area (Å²) in [4.78, 5) is 20.2. The van der Waals surface area contributed by atoms with E-state index in [9.17, 15) is 9.59 Å². The van der Waals surface area contributed by atoms with E-state index < -0.39 is 11.8 Å². The first kappa shape index (κ1) is 12.8. The monoisotopic (exact) mass is 153 g/mol. The fraction of sp³-hybridized carbons (Fsp3) is 0.667. The van der Waals surface area contributed by atoms with Crippen molar-refractivity contribution in [1.29, 1.82) is 0 Å². The SMILES string of the molecule is CCCCC(=O)C(=O)O.[Na+]. The topological polar surface area (TPSA) is 54.4 Å². The van der Waals surface area contributed by atoms with Gasteiger partial charge in [0.1, 0.15) is 0 Å². The van der Waals surface area contributed by atoms with Gasteiger partial charge in [0.2, 0.25) is 5.78 Å². The van der Waals surface area contributed by atoms with Crippen molar-refractivity contribution in [3.8, 4) is 0 Å². The predicted octanol–water partition coefficient (Wildman–Crippen LogP) is -2.17. The molecule has 0 spiro atoms. The average molecular weight is 153 g/mol. The van der Waals surface area contributed by atoms with E-state index in [1.54, 1.807) is 0 Å². The van der Waals surface area contributed by atoms with Crippen molar-refractivity contribution >= 4 is 11.8 Å². The largest absolute Gasteiger partial charge is 1.00 e. The number of ketones is 1. The number of rotatable bonds is 4. The summed E-state index contributed by atoms with van der Waals surface area (Å²) in [5.41, 5.74) is 0. The third kappa shape index (κ3) is 6.26. The van der Waals surface area contributed by atoms with Crippen LogP contribution in [0.15, 0.2) is 0 Å². The van der Waals surface area contributed by atoms with E-state index in [2.05, 4.69) is 0 Å². The summed E-state index contributed by atoms with van der Waals surface area (Å²) >= 11 is 0. The third-order valence-corrected chi connectivity index (χ3v) is 0.996. The molecule has 1 N–H and O–H groups in total. The summed E-state index contributed by atoms with van der Waals surface area (Å²) < 4.78 is 0. The number of carbonyl (C=O) groups is 2. The summed E-state index contributed by atoms with van der Waals surface area (Å²) in [5.74, 6) is -2.00. The van der Waals surface area contributed by atoms with E-state index in [0.717, 1.165) is 6.42 Å². The molecule has 0 aromatic rings. The molecule has 10 heavy (non-hydrogen) atoms. The van der Waals surface area contributed by atoms with Crippen LogP contribution in [0.2, 0.25) is 0 Å². The Kier molecular flexibility index (Phi) is 9.27. The minimum absolute atomic E-state index is 0. The molecule has 0 fully saturated rings. The van der Waals surface area contributed by atoms with Crippen molar-refractivity contribution in [2.24, 2.45) is 0 Å². The first-order valence-corrected chi connectivity index (χ1v) is 2.94. The average Bonchev–Trinajstić information content (AvgIpc) is 1.82. The van der Waals surface area contributed by atoms with E-state index in [0.29, 0.717) is 6.42 Å². The van der Waals surface area contributed by atoms with Gasteiger partial charge in [0.25, 0.3) is 0 Å². The van der Waals surface area contributed by atoms with E-state index >= 15 is 0 Å². The molecule has 0 heterocycles. The summed E-state index contributed by atoms with van der Waals surface area (Å²) in [5, 5.41) is 8.06. The molecule has 0 unspecified atom stereocenters. The van der Waals surface area contributed by atoms with Gasteiger partial charge in [-0.25, -0.2) is 4.79 Å². The zero-order valence-corrected chi connectivity index (χ0v) is 8.39. The Morgan fingerprint density at radius 1 is 1.40 bits per heavy atom. The molecule has 0 aliphatic carbocycles. The number of aliphatic carboxylic acids is 1. The van der Waals surface area contributed by atoms with Gasteiger partial charge < -0.3 is 5.11 Å². The fourth-order valence-corrected chi connectivity index (χ4v) is 0.444. The molecule has 4 heteroatoms. The van der Waals surface area contributed by atoms with Crippen LogP contribution in [0.1, 0.15) is 26.2 Å². The second-order valence-electron chi connectivity index (χ2n) is 1.83. The summed E-state index contributed by atoms with van der Waals surface area (Å²) in [7, 11) is 0. The van der Waals surface area contributed by atoms with Crippen LogP contribution >= 0.6 is 0 Å². The Balaban J connectivity index is 0. The van der Waals surface area contributed by atoms with Crippen LogP contribution in [0.25, 0.3) is 0 Å². The van der Waals surface area contributed by atoms with E-state index in [1.165, 1.54) is 0 Å². The number of unbranched alkanes of at least 4 members (excludes halogenated alkanes) is 1. The molecule has 0 aromatic carbocycles. The van der Waals surface area contributed by atoms with Crippen LogP contribution in [0.5, 0.6) is 0 Å². The molecule has 0 amide bonds. The van der Waals surface area contributed by atoms with Crippen molar-refractivity contribution < 1.29 is 44.3 Å². The predicted molar refractivity (Wildman–Crippen MR) is 32.2 cm³/mol. The molecule has 52 valence electrons. The van der Waals surface area contributed by atoms with Gasteiger partial charge in [-0.3, -0.25) is 4.79 Å². The fourth-order valence-electron chi connectivity index (χ4n) is 0.444. The van der Waals surface area contributed by atoms with Crippen LogP contribution in [-0.4, -0.2) is 16.9 Å². The minimum Gasteiger partial charge on any atom is -0.476 e. The molecule has 0 aliphatic rings. The first-order valence-electron chi connectivity index (χ1n) is 2.94. The maximum Gasteiger partial charge on any atom is 1.00 e. The number of hydrogen-bond acceptors (Lipinski definition) is 2. The van der Waals surface area contributed by atoms with Crippen LogP contribution in [0.3, 0.4) is 0 Å². The Morgan fingerprint density at radius 3 is 2.20 bits per heavy atom. The second kappa shape index (κ2) is 7.25. The van der Waals surface area contributed by atoms with E-state index in [1.807, 2.05) is 6.92 Å². The summed E-state index contributed by atoms with van der Waals surface area (Å²) in [6.07, 6.45) is 1.70. The van der Waals surface area contributed by atoms with Crippen LogP contribution < -0.4 is 29.6 Å². The number of carboxylic acids is 1. The molecule has 0 saturated heterocycles. The molecular formula is C6H10NaO3+. The zero-order chi connectivity index (χ0) is 7.28. The second-order valence-corrected chi connectivity index (χ2v) is 1.83. The standard InChI is InChI=1S/C6H10O3.Na/c1-2-3-4-5(7)6(8)9;/h2-4H2,1H3,(H,8,9);/q;+1. The van der Waals surface area contributed by atoms with Gasteiger partial charge in [-0.05, 0) is 6.42 Å². The number of hydrogen-bond donors (Lipinski definition) is 1. The van der Waals surface area contributed by atoms with Gasteiger partial charge in [-0.15, -0.1) is 0 Å². The normalized spacial score (nSPS) is 8.10. The molecule has 3 nitrogen and oxygen atoms in total. The van der Waals surface area contributed by atoms with Crippen LogP contribution in [0.4, 0.5) is 0 Å². The number of Topliss-reactive ketones (excluding diaryl/α,β-unsaturated/α-hetero) is 1. The van der Waals surface area contributed by atoms with Gasteiger partial charge in [-0.1, -0.05) is 13.3 Å². The Bertz CT molecular complexity index is 122. The maximum absolute atomic E-state index is 10.3.